The lowest BCUT2D eigenvalue weighted by Crippen LogP contribution is -2.37. The minimum absolute atomic E-state index is 0.0687. The van der Waals surface area contributed by atoms with Crippen LogP contribution in [-0.2, 0) is 16.2 Å². The molecule has 140 valence electrons. The number of nitrogens with one attached hydrogen (secondary N) is 2. The highest BCUT2D eigenvalue weighted by Crippen LogP contribution is 2.35. The molecule has 0 aliphatic carbocycles. The topological polar surface area (TPSA) is 82.0 Å². The van der Waals surface area contributed by atoms with Crippen LogP contribution in [0, 0.1) is 11.3 Å². The second-order valence-corrected chi connectivity index (χ2v) is 9.74. The largest absolute Gasteiger partial charge is 0.418 e. The Kier molecular flexibility index (Phi) is 6.33. The van der Waals surface area contributed by atoms with Crippen LogP contribution in [0.2, 0.25) is 0 Å². The fourth-order valence-corrected chi connectivity index (χ4v) is 5.34. The van der Waals surface area contributed by atoms with Gasteiger partial charge in [-0.2, -0.15) is 18.4 Å². The zero-order valence-corrected chi connectivity index (χ0v) is 16.5. The van der Waals surface area contributed by atoms with Gasteiger partial charge in [0.15, 0.2) is 0 Å². The second-order valence-electron chi connectivity index (χ2n) is 5.33. The van der Waals surface area contributed by atoms with E-state index in [4.69, 9.17) is 5.26 Å². The highest BCUT2D eigenvalue weighted by molar-refractivity contribution is 9.11. The summed E-state index contributed by atoms with van der Waals surface area (Å²) in [6.07, 6.45) is -4.64. The summed E-state index contributed by atoms with van der Waals surface area (Å²) >= 11 is 4.20. The van der Waals surface area contributed by atoms with Crippen LogP contribution < -0.4 is 10.0 Å². The molecule has 0 unspecified atom stereocenters. The number of nitriles is 1. The van der Waals surface area contributed by atoms with Gasteiger partial charge in [-0.25, -0.2) is 13.1 Å². The van der Waals surface area contributed by atoms with Crippen molar-refractivity contribution in [2.24, 2.45) is 0 Å². The molecule has 0 spiro atoms. The molecule has 0 aliphatic rings. The number of nitrogens with zero attached hydrogens (tertiary/aromatic N) is 1. The van der Waals surface area contributed by atoms with E-state index in [1.807, 2.05) is 0 Å². The number of benzene rings is 1. The van der Waals surface area contributed by atoms with Gasteiger partial charge in [0.05, 0.1) is 21.0 Å². The minimum Gasteiger partial charge on any atom is -0.383 e. The molecular weight excluding hydrogens is 455 g/mol. The van der Waals surface area contributed by atoms with Crippen molar-refractivity contribution in [3.63, 3.8) is 0 Å². The SMILES string of the molecule is C[C@H](CNc1ccc(C#N)cc1C(F)(F)F)NS(=O)(=O)c1ccc(Br)s1. The molecule has 0 fully saturated rings. The van der Waals surface area contributed by atoms with Gasteiger partial charge in [-0.1, -0.05) is 0 Å². The summed E-state index contributed by atoms with van der Waals surface area (Å²) in [6.45, 7) is 1.46. The standard InChI is InChI=1S/C15H13BrF3N3O2S2/c1-9(22-26(23,24)14-5-4-13(16)25-14)8-21-12-3-2-10(7-20)6-11(12)15(17,18)19/h2-6,9,21-22H,8H2,1H3/t9-/m1/s1. The minimum atomic E-state index is -4.64. The number of rotatable bonds is 6. The van der Waals surface area contributed by atoms with Crippen LogP contribution in [0.1, 0.15) is 18.1 Å². The summed E-state index contributed by atoms with van der Waals surface area (Å²) in [5.41, 5.74) is -1.31. The average Bonchev–Trinajstić information content (AvgIpc) is 2.99. The molecule has 0 radical (unpaired) electrons. The predicted molar refractivity (Wildman–Crippen MR) is 96.5 cm³/mol. The van der Waals surface area contributed by atoms with Crippen LogP contribution in [0.4, 0.5) is 18.9 Å². The smallest absolute Gasteiger partial charge is 0.383 e. The van der Waals surface area contributed by atoms with E-state index in [1.165, 1.54) is 19.1 Å². The Labute approximate surface area is 161 Å². The molecule has 1 aromatic heterocycles. The Morgan fingerprint density at radius 3 is 2.54 bits per heavy atom. The molecular formula is C15H13BrF3N3O2S2. The molecule has 0 saturated carbocycles. The van der Waals surface area contributed by atoms with E-state index in [-0.39, 0.29) is 22.0 Å². The van der Waals surface area contributed by atoms with E-state index in [1.54, 1.807) is 12.1 Å². The summed E-state index contributed by atoms with van der Waals surface area (Å²) in [6, 6.07) is 7.18. The van der Waals surface area contributed by atoms with Crippen molar-refractivity contribution < 1.29 is 21.6 Å². The Morgan fingerprint density at radius 2 is 2.00 bits per heavy atom. The first-order valence-corrected chi connectivity index (χ1v) is 10.2. The van der Waals surface area contributed by atoms with Crippen molar-refractivity contribution in [1.82, 2.24) is 4.72 Å². The first-order valence-electron chi connectivity index (χ1n) is 7.16. The quantitative estimate of drug-likeness (QED) is 0.667. The fourth-order valence-electron chi connectivity index (χ4n) is 2.07. The van der Waals surface area contributed by atoms with Crippen LogP contribution in [-0.4, -0.2) is 21.0 Å². The predicted octanol–water partition coefficient (Wildman–Crippen LogP) is 4.18. The molecule has 0 aliphatic heterocycles. The van der Waals surface area contributed by atoms with Crippen LogP contribution in [0.15, 0.2) is 38.3 Å². The Bertz CT molecular complexity index is 936. The normalized spacial score (nSPS) is 13.2. The van der Waals surface area contributed by atoms with Gasteiger partial charge < -0.3 is 5.32 Å². The van der Waals surface area contributed by atoms with E-state index in [9.17, 15) is 21.6 Å². The maximum atomic E-state index is 13.1. The van der Waals surface area contributed by atoms with Crippen molar-refractivity contribution in [3.8, 4) is 6.07 Å². The van der Waals surface area contributed by atoms with Gasteiger partial charge >= 0.3 is 6.18 Å². The zero-order chi connectivity index (χ0) is 19.5. The Hall–Kier alpha value is -1.61. The van der Waals surface area contributed by atoms with Crippen molar-refractivity contribution in [3.05, 3.63) is 45.2 Å². The number of alkyl halides is 3. The molecule has 0 saturated heterocycles. The molecule has 5 nitrogen and oxygen atoms in total. The molecule has 2 aromatic rings. The molecule has 2 N–H and O–H groups in total. The second kappa shape index (κ2) is 7.96. The van der Waals surface area contributed by atoms with Gasteiger partial charge in [-0.15, -0.1) is 11.3 Å². The molecule has 0 amide bonds. The van der Waals surface area contributed by atoms with Gasteiger partial charge in [0.2, 0.25) is 10.0 Å². The molecule has 1 heterocycles. The molecule has 1 atom stereocenters. The lowest BCUT2D eigenvalue weighted by molar-refractivity contribution is -0.137. The summed E-state index contributed by atoms with van der Waals surface area (Å²) in [5.74, 6) is 0. The number of thiophene rings is 1. The van der Waals surface area contributed by atoms with E-state index in [0.717, 1.165) is 23.5 Å². The summed E-state index contributed by atoms with van der Waals surface area (Å²) < 4.78 is 66.9. The number of anilines is 1. The summed E-state index contributed by atoms with van der Waals surface area (Å²) in [4.78, 5) is 0. The van der Waals surface area contributed by atoms with Gasteiger partial charge in [-0.3, -0.25) is 0 Å². The number of sulfonamides is 1. The lowest BCUT2D eigenvalue weighted by atomic mass is 10.1. The Balaban J connectivity index is 2.10. The van der Waals surface area contributed by atoms with Crippen molar-refractivity contribution in [1.29, 1.82) is 5.26 Å². The molecule has 1 aromatic carbocycles. The fraction of sp³-hybridized carbons (Fsp3) is 0.267. The maximum absolute atomic E-state index is 13.1. The van der Waals surface area contributed by atoms with Gasteiger partial charge in [0, 0.05) is 18.3 Å². The van der Waals surface area contributed by atoms with Crippen LogP contribution in [0.5, 0.6) is 0 Å². The van der Waals surface area contributed by atoms with Crippen LogP contribution >= 0.6 is 27.3 Å². The van der Waals surface area contributed by atoms with E-state index in [0.29, 0.717) is 3.79 Å². The molecule has 11 heteroatoms. The van der Waals surface area contributed by atoms with E-state index in [2.05, 4.69) is 26.0 Å². The van der Waals surface area contributed by atoms with Crippen LogP contribution in [0.3, 0.4) is 0 Å². The third-order valence-electron chi connectivity index (χ3n) is 3.22. The lowest BCUT2D eigenvalue weighted by Gasteiger charge is -2.18. The molecule has 26 heavy (non-hydrogen) atoms. The van der Waals surface area contributed by atoms with Crippen molar-refractivity contribution in [2.45, 2.75) is 23.4 Å². The van der Waals surface area contributed by atoms with Crippen LogP contribution in [0.25, 0.3) is 0 Å². The number of halogens is 4. The van der Waals surface area contributed by atoms with E-state index < -0.39 is 27.8 Å². The van der Waals surface area contributed by atoms with Crippen molar-refractivity contribution >= 4 is 43.0 Å². The highest BCUT2D eigenvalue weighted by atomic mass is 79.9. The highest BCUT2D eigenvalue weighted by Gasteiger charge is 2.34. The average molecular weight is 468 g/mol. The monoisotopic (exact) mass is 467 g/mol. The van der Waals surface area contributed by atoms with E-state index >= 15 is 0 Å². The third-order valence-corrected chi connectivity index (χ3v) is 6.93. The first kappa shape index (κ1) is 20.7. The molecule has 0 bridgehead atoms. The zero-order valence-electron chi connectivity index (χ0n) is 13.3. The van der Waals surface area contributed by atoms with Gasteiger partial charge in [0.1, 0.15) is 4.21 Å². The Morgan fingerprint density at radius 1 is 1.31 bits per heavy atom. The summed E-state index contributed by atoms with van der Waals surface area (Å²) in [7, 11) is -3.76. The maximum Gasteiger partial charge on any atom is 0.418 e. The number of hydrogen-bond acceptors (Lipinski definition) is 5. The third kappa shape index (κ3) is 5.20. The van der Waals surface area contributed by atoms with Crippen molar-refractivity contribution in [2.75, 3.05) is 11.9 Å². The summed E-state index contributed by atoms with van der Waals surface area (Å²) in [5, 5.41) is 11.3. The van der Waals surface area contributed by atoms with Gasteiger partial charge in [0.25, 0.3) is 0 Å². The first-order chi connectivity index (χ1) is 12.0. The number of hydrogen-bond donors (Lipinski definition) is 2. The molecule has 2 rings (SSSR count). The van der Waals surface area contributed by atoms with Gasteiger partial charge in [-0.05, 0) is 53.2 Å².